The Morgan fingerprint density at radius 3 is 2.21 bits per heavy atom. The first kappa shape index (κ1) is 36.3. The number of rotatable bonds is 20. The fraction of sp³-hybridized carbons (Fsp3) is 0.650. The molecule has 1 saturated heterocycles. The van der Waals surface area contributed by atoms with Gasteiger partial charge in [-0.2, -0.15) is 0 Å². The molecule has 0 radical (unpaired) electrons. The third-order valence-electron chi connectivity index (χ3n) is 9.77. The van der Waals surface area contributed by atoms with Gasteiger partial charge in [0.15, 0.2) is 0 Å². The van der Waals surface area contributed by atoms with E-state index in [9.17, 15) is 5.11 Å². The van der Waals surface area contributed by atoms with Gasteiger partial charge in [-0.25, -0.2) is 0 Å². The zero-order chi connectivity index (χ0) is 33.3. The molecule has 4 atom stereocenters. The average molecular weight is 667 g/mol. The molecule has 5 rings (SSSR count). The SMILES string of the molecule is CCCCOC[C@@H]1C[C@H](OCCCC)[C@@H](OCCCC)C(O)(c2cc(C3(c4cc5ccccc5s4)CC3)c(C)cc2OCCCC)O1. The Hall–Kier alpha value is -2.00. The Kier molecular flexibility index (Phi) is 13.2. The molecule has 2 aliphatic rings. The van der Waals surface area contributed by atoms with Crippen LogP contribution in [0.3, 0.4) is 0 Å². The smallest absolute Gasteiger partial charge is 0.226 e. The summed E-state index contributed by atoms with van der Waals surface area (Å²) in [4.78, 5) is 1.38. The van der Waals surface area contributed by atoms with Crippen LogP contribution in [0.25, 0.3) is 10.1 Å². The molecule has 3 aromatic rings. The van der Waals surface area contributed by atoms with Crippen LogP contribution in [0, 0.1) is 6.92 Å². The van der Waals surface area contributed by atoms with Crippen LogP contribution < -0.4 is 4.74 Å². The summed E-state index contributed by atoms with van der Waals surface area (Å²) in [6, 6.07) is 15.3. The Morgan fingerprint density at radius 2 is 1.51 bits per heavy atom. The molecule has 1 saturated carbocycles. The minimum Gasteiger partial charge on any atom is -0.493 e. The van der Waals surface area contributed by atoms with Gasteiger partial charge in [-0.05, 0) is 86.2 Å². The lowest BCUT2D eigenvalue weighted by molar-refractivity contribution is -0.348. The molecule has 47 heavy (non-hydrogen) atoms. The lowest BCUT2D eigenvalue weighted by Gasteiger charge is -2.47. The summed E-state index contributed by atoms with van der Waals surface area (Å²) < 4.78 is 33.9. The topological polar surface area (TPSA) is 66.4 Å². The first-order chi connectivity index (χ1) is 22.9. The number of aliphatic hydroxyl groups is 1. The predicted molar refractivity (Wildman–Crippen MR) is 192 cm³/mol. The maximum absolute atomic E-state index is 13.1. The second-order valence-corrected chi connectivity index (χ2v) is 14.7. The van der Waals surface area contributed by atoms with E-state index in [1.807, 2.05) is 11.3 Å². The summed E-state index contributed by atoms with van der Waals surface area (Å²) in [5.74, 6) is -1.11. The first-order valence-corrected chi connectivity index (χ1v) is 19.2. The molecule has 2 fully saturated rings. The predicted octanol–water partition coefficient (Wildman–Crippen LogP) is 9.59. The van der Waals surface area contributed by atoms with E-state index >= 15 is 0 Å². The van der Waals surface area contributed by atoms with Crippen LogP contribution in [0.4, 0.5) is 0 Å². The molecule has 1 aliphatic carbocycles. The highest BCUT2D eigenvalue weighted by Crippen LogP contribution is 2.58. The van der Waals surface area contributed by atoms with Gasteiger partial charge in [-0.15, -0.1) is 11.3 Å². The number of aryl methyl sites for hydroxylation is 1. The third-order valence-corrected chi connectivity index (χ3v) is 11.1. The van der Waals surface area contributed by atoms with E-state index in [0.717, 1.165) is 64.2 Å². The normalized spacial score (nSPS) is 23.7. The molecular formula is C40H58O6S. The van der Waals surface area contributed by atoms with Gasteiger partial charge < -0.3 is 28.8 Å². The third kappa shape index (κ3) is 8.42. The highest BCUT2D eigenvalue weighted by Gasteiger charge is 2.55. The first-order valence-electron chi connectivity index (χ1n) is 18.4. The number of unbranched alkanes of at least 4 members (excludes halogenated alkanes) is 4. The van der Waals surface area contributed by atoms with Crippen molar-refractivity contribution >= 4 is 21.4 Å². The van der Waals surface area contributed by atoms with E-state index in [0.29, 0.717) is 50.8 Å². The summed E-state index contributed by atoms with van der Waals surface area (Å²) in [6.45, 7) is 13.6. The molecule has 2 heterocycles. The van der Waals surface area contributed by atoms with Crippen LogP contribution in [0.2, 0.25) is 0 Å². The number of ether oxygens (including phenoxy) is 5. The van der Waals surface area contributed by atoms with Crippen molar-refractivity contribution in [2.75, 3.05) is 33.0 Å². The van der Waals surface area contributed by atoms with Crippen molar-refractivity contribution in [3.8, 4) is 5.75 Å². The fourth-order valence-corrected chi connectivity index (χ4v) is 8.13. The van der Waals surface area contributed by atoms with E-state index < -0.39 is 11.9 Å². The van der Waals surface area contributed by atoms with Gasteiger partial charge in [0.05, 0.1) is 31.0 Å². The van der Waals surface area contributed by atoms with Crippen molar-refractivity contribution in [3.05, 3.63) is 64.0 Å². The summed E-state index contributed by atoms with van der Waals surface area (Å²) in [7, 11) is 0. The number of thiophene rings is 1. The van der Waals surface area contributed by atoms with Gasteiger partial charge in [0.2, 0.25) is 5.79 Å². The summed E-state index contributed by atoms with van der Waals surface area (Å²) in [5.41, 5.74) is 2.96. The number of hydrogen-bond donors (Lipinski definition) is 1. The van der Waals surface area contributed by atoms with Crippen LogP contribution in [-0.2, 0) is 30.1 Å². The fourth-order valence-electron chi connectivity index (χ4n) is 6.81. The molecule has 7 heteroatoms. The second kappa shape index (κ2) is 17.1. The highest BCUT2D eigenvalue weighted by atomic mass is 32.1. The van der Waals surface area contributed by atoms with E-state index in [1.54, 1.807) is 0 Å². The maximum Gasteiger partial charge on any atom is 0.226 e. The van der Waals surface area contributed by atoms with E-state index in [-0.39, 0.29) is 17.6 Å². The average Bonchev–Trinajstić information content (AvgIpc) is 3.75. The quantitative estimate of drug-likeness (QED) is 0.121. The Bertz CT molecular complexity index is 1370. The molecular weight excluding hydrogens is 609 g/mol. The molecule has 1 unspecified atom stereocenters. The van der Waals surface area contributed by atoms with Crippen LogP contribution in [-0.4, -0.2) is 56.5 Å². The molecule has 1 aliphatic heterocycles. The molecule has 0 bridgehead atoms. The van der Waals surface area contributed by atoms with Gasteiger partial charge >= 0.3 is 0 Å². The van der Waals surface area contributed by atoms with Crippen LogP contribution in [0.15, 0.2) is 42.5 Å². The Morgan fingerprint density at radius 1 is 0.830 bits per heavy atom. The summed E-state index contributed by atoms with van der Waals surface area (Å²) >= 11 is 1.88. The Labute approximate surface area is 287 Å². The lowest BCUT2D eigenvalue weighted by Crippen LogP contribution is -2.59. The lowest BCUT2D eigenvalue weighted by atomic mass is 9.83. The molecule has 0 spiro atoms. The summed E-state index contributed by atoms with van der Waals surface area (Å²) in [5, 5.41) is 14.4. The van der Waals surface area contributed by atoms with Crippen LogP contribution in [0.5, 0.6) is 5.75 Å². The number of fused-ring (bicyclic) bond motifs is 1. The summed E-state index contributed by atoms with van der Waals surface area (Å²) in [6.07, 6.45) is 9.24. The van der Waals surface area contributed by atoms with E-state index in [1.165, 1.54) is 26.1 Å². The molecule has 0 amide bonds. The van der Waals surface area contributed by atoms with Crippen molar-refractivity contribution in [1.29, 1.82) is 0 Å². The van der Waals surface area contributed by atoms with Crippen LogP contribution >= 0.6 is 11.3 Å². The van der Waals surface area contributed by atoms with Gasteiger partial charge in [0.1, 0.15) is 11.9 Å². The highest BCUT2D eigenvalue weighted by molar-refractivity contribution is 7.19. The molecule has 260 valence electrons. The molecule has 2 aromatic carbocycles. The maximum atomic E-state index is 13.1. The second-order valence-electron chi connectivity index (χ2n) is 13.6. The minimum absolute atomic E-state index is 0.0895. The van der Waals surface area contributed by atoms with Crippen molar-refractivity contribution in [1.82, 2.24) is 0 Å². The zero-order valence-corrected chi connectivity index (χ0v) is 30.3. The standard InChI is InChI=1S/C40H58O6S/c1-6-10-20-42-28-31-26-35(44-22-12-8-3)38(45-23-13-9-4)40(41,46-31)33-27-32(29(5)24-34(33)43-21-11-7-2)39(18-19-39)37-25-30-16-14-15-17-36(30)47-37/h14-17,24-25,27,31,35,38,41H,6-13,18-23,26,28H2,1-5H3/t31-,35-,38+,40?/m0/s1. The zero-order valence-electron chi connectivity index (χ0n) is 29.5. The molecule has 1 aromatic heterocycles. The number of hydrogen-bond acceptors (Lipinski definition) is 7. The van der Waals surface area contributed by atoms with E-state index in [2.05, 4.69) is 77.1 Å². The van der Waals surface area contributed by atoms with Crippen molar-refractivity contribution in [2.45, 2.75) is 135 Å². The monoisotopic (exact) mass is 666 g/mol. The van der Waals surface area contributed by atoms with Gasteiger partial charge in [0, 0.05) is 41.2 Å². The molecule has 1 N–H and O–H groups in total. The van der Waals surface area contributed by atoms with Gasteiger partial charge in [0.25, 0.3) is 0 Å². The van der Waals surface area contributed by atoms with Crippen molar-refractivity contribution in [2.24, 2.45) is 0 Å². The number of benzene rings is 2. The van der Waals surface area contributed by atoms with Gasteiger partial charge in [-0.3, -0.25) is 0 Å². The van der Waals surface area contributed by atoms with Crippen LogP contribution in [0.1, 0.15) is 120 Å². The van der Waals surface area contributed by atoms with Gasteiger partial charge in [-0.1, -0.05) is 71.6 Å². The molecule has 6 nitrogen and oxygen atoms in total. The van der Waals surface area contributed by atoms with Crippen molar-refractivity contribution in [3.63, 3.8) is 0 Å². The largest absolute Gasteiger partial charge is 0.493 e. The Balaban J connectivity index is 1.60. The van der Waals surface area contributed by atoms with Crippen molar-refractivity contribution < 1.29 is 28.8 Å². The minimum atomic E-state index is -1.78. The van der Waals surface area contributed by atoms with E-state index in [4.69, 9.17) is 23.7 Å².